The predicted molar refractivity (Wildman–Crippen MR) is 110 cm³/mol. The van der Waals surface area contributed by atoms with Crippen molar-refractivity contribution in [2.45, 2.75) is 29.8 Å². The number of carboxylic acids is 1. The Morgan fingerprint density at radius 2 is 2.03 bits per heavy atom. The third kappa shape index (κ3) is 5.58. The first-order valence-corrected chi connectivity index (χ1v) is 10.9. The number of nitrogens with zero attached hydrogens (tertiary/aromatic N) is 2. The number of H-pyrrole nitrogens is 1. The van der Waals surface area contributed by atoms with Gasteiger partial charge >= 0.3 is 5.97 Å². The Morgan fingerprint density at radius 3 is 2.65 bits per heavy atom. The number of anilines is 1. The van der Waals surface area contributed by atoms with Crippen molar-refractivity contribution in [1.82, 2.24) is 20.0 Å². The minimum Gasteiger partial charge on any atom is -0.478 e. The fourth-order valence-corrected chi connectivity index (χ4v) is 4.22. The van der Waals surface area contributed by atoms with E-state index in [1.54, 1.807) is 18.5 Å². The summed E-state index contributed by atoms with van der Waals surface area (Å²) in [5, 5.41) is 18.8. The smallest absolute Gasteiger partial charge is 0.345 e. The lowest BCUT2D eigenvalue weighted by molar-refractivity contribution is -0.147. The minimum atomic E-state index is -4.27. The van der Waals surface area contributed by atoms with Gasteiger partial charge in [0.05, 0.1) is 4.90 Å². The van der Waals surface area contributed by atoms with Crippen LogP contribution < -0.4 is 15.4 Å². The van der Waals surface area contributed by atoms with Crippen molar-refractivity contribution in [3.05, 3.63) is 42.7 Å². The molecule has 1 aliphatic rings. The minimum absolute atomic E-state index is 0.0155. The maximum absolute atomic E-state index is 12.9. The molecule has 0 spiro atoms. The molecular weight excluding hydrogens is 428 g/mol. The van der Waals surface area contributed by atoms with Crippen LogP contribution in [-0.2, 0) is 24.4 Å². The van der Waals surface area contributed by atoms with Gasteiger partial charge in [-0.1, -0.05) is 23.4 Å². The number of sulfonamides is 1. The first-order chi connectivity index (χ1) is 14.8. The second-order valence-electron chi connectivity index (χ2n) is 6.67. The van der Waals surface area contributed by atoms with Crippen LogP contribution in [0.1, 0.15) is 19.3 Å². The van der Waals surface area contributed by atoms with Crippen LogP contribution in [0, 0.1) is 0 Å². The lowest BCUT2D eigenvalue weighted by Gasteiger charge is -2.31. The second-order valence-corrected chi connectivity index (χ2v) is 8.35. The number of aromatic amines is 1. The molecule has 0 bridgehead atoms. The van der Waals surface area contributed by atoms with Crippen molar-refractivity contribution in [3.63, 3.8) is 0 Å². The lowest BCUT2D eigenvalue weighted by atomic mass is 10.0. The summed E-state index contributed by atoms with van der Waals surface area (Å²) in [6.07, 6.45) is 3.29. The molecular formula is C18H22N6O6S. The number of carboxylic acid groups (broad SMARTS) is 1. The van der Waals surface area contributed by atoms with Gasteiger partial charge in [0.2, 0.25) is 15.7 Å². The number of hydrogen-bond acceptors (Lipinski definition) is 8. The average molecular weight is 450 g/mol. The Labute approximate surface area is 178 Å². The molecule has 3 rings (SSSR count). The molecule has 1 atom stereocenters. The summed E-state index contributed by atoms with van der Waals surface area (Å²) in [6, 6.07) is 7.29. The Morgan fingerprint density at radius 1 is 1.26 bits per heavy atom. The number of oxime groups is 1. The Hall–Kier alpha value is -3.45. The Balaban J connectivity index is 1.82. The molecule has 2 heterocycles. The zero-order chi connectivity index (χ0) is 22.3. The Kier molecular flexibility index (Phi) is 6.87. The van der Waals surface area contributed by atoms with E-state index in [1.807, 2.05) is 0 Å². The molecule has 12 nitrogen and oxygen atoms in total. The highest BCUT2D eigenvalue weighted by Crippen LogP contribution is 2.18. The summed E-state index contributed by atoms with van der Waals surface area (Å²) in [5.74, 6) is -1.90. The van der Waals surface area contributed by atoms with E-state index < -0.39 is 27.6 Å². The van der Waals surface area contributed by atoms with Crippen molar-refractivity contribution in [2.24, 2.45) is 5.16 Å². The van der Waals surface area contributed by atoms with Gasteiger partial charge in [0, 0.05) is 25.4 Å². The predicted octanol–water partition coefficient (Wildman–Crippen LogP) is 0.254. The van der Waals surface area contributed by atoms with Gasteiger partial charge in [-0.25, -0.2) is 18.2 Å². The van der Waals surface area contributed by atoms with Crippen LogP contribution in [0.25, 0.3) is 0 Å². The van der Waals surface area contributed by atoms with Crippen LogP contribution in [-0.4, -0.2) is 59.9 Å². The number of hydrogen-bond donors (Lipinski definition) is 5. The van der Waals surface area contributed by atoms with E-state index in [0.717, 1.165) is 0 Å². The lowest BCUT2D eigenvalue weighted by Crippen LogP contribution is -2.66. The molecule has 0 saturated carbocycles. The number of aromatic nitrogens is 2. The van der Waals surface area contributed by atoms with E-state index in [0.29, 0.717) is 5.95 Å². The average Bonchev–Trinajstić information content (AvgIpc) is 3.45. The molecule has 31 heavy (non-hydrogen) atoms. The van der Waals surface area contributed by atoms with Gasteiger partial charge in [-0.05, 0) is 25.0 Å². The maximum Gasteiger partial charge on any atom is 0.345 e. The molecule has 0 fully saturated rings. The van der Waals surface area contributed by atoms with E-state index in [4.69, 9.17) is 4.84 Å². The summed E-state index contributed by atoms with van der Waals surface area (Å²) in [4.78, 5) is 36.3. The van der Waals surface area contributed by atoms with Gasteiger partial charge in [-0.15, -0.1) is 0 Å². The molecule has 1 amide bonds. The summed E-state index contributed by atoms with van der Waals surface area (Å²) in [6.45, 7) is 0.459. The summed E-state index contributed by atoms with van der Waals surface area (Å²) < 4.78 is 27.9. The number of carbonyl (C=O) groups excluding carboxylic acids is 1. The first kappa shape index (κ1) is 22.2. The van der Waals surface area contributed by atoms with Crippen LogP contribution in [0.5, 0.6) is 0 Å². The van der Waals surface area contributed by atoms with Gasteiger partial charge in [-0.2, -0.15) is 4.72 Å². The highest BCUT2D eigenvalue weighted by molar-refractivity contribution is 7.89. The quantitative estimate of drug-likeness (QED) is 0.239. The number of rotatable bonds is 11. The highest BCUT2D eigenvalue weighted by Gasteiger charge is 2.44. The molecule has 0 aliphatic carbocycles. The highest BCUT2D eigenvalue weighted by atomic mass is 32.2. The van der Waals surface area contributed by atoms with Gasteiger partial charge in [0.1, 0.15) is 12.3 Å². The number of amides is 1. The third-order valence-corrected chi connectivity index (χ3v) is 5.95. The largest absolute Gasteiger partial charge is 0.478 e. The summed E-state index contributed by atoms with van der Waals surface area (Å²) >= 11 is 0. The van der Waals surface area contributed by atoms with Gasteiger partial charge in [0.15, 0.2) is 5.95 Å². The maximum atomic E-state index is 12.9. The fraction of sp³-hybridized carbons (Fsp3) is 0.333. The number of imidazole rings is 1. The van der Waals surface area contributed by atoms with E-state index in [1.165, 1.54) is 24.3 Å². The van der Waals surface area contributed by atoms with Crippen LogP contribution in [0.4, 0.5) is 5.95 Å². The standard InChI is InChI=1S/C18H22N6O6S/c25-15(14-7-12-30-23-14)22-18(16(26)27,8-4-9-19-17-20-10-11-21-17)24-31(28,29)13-5-2-1-3-6-13/h1-3,5-6,10-11,24H,4,7-9,12H2,(H,22,25)(H,26,27)(H2,19,20,21). The summed E-state index contributed by atoms with van der Waals surface area (Å²) in [5.41, 5.74) is -2.32. The molecule has 0 saturated heterocycles. The molecule has 1 unspecified atom stereocenters. The molecule has 13 heteroatoms. The Bertz CT molecular complexity index is 1040. The summed E-state index contributed by atoms with van der Waals surface area (Å²) in [7, 11) is -4.27. The molecule has 0 radical (unpaired) electrons. The number of aliphatic carboxylic acids is 1. The van der Waals surface area contributed by atoms with E-state index in [-0.39, 0.29) is 43.0 Å². The van der Waals surface area contributed by atoms with Crippen LogP contribution in [0.3, 0.4) is 0 Å². The fourth-order valence-electron chi connectivity index (χ4n) is 2.89. The van der Waals surface area contributed by atoms with Crippen molar-refractivity contribution in [1.29, 1.82) is 0 Å². The molecule has 2 aromatic rings. The van der Waals surface area contributed by atoms with Crippen molar-refractivity contribution < 1.29 is 28.0 Å². The van der Waals surface area contributed by atoms with Gasteiger partial charge in [-0.3, -0.25) is 4.79 Å². The van der Waals surface area contributed by atoms with Crippen LogP contribution in [0.15, 0.2) is 52.8 Å². The van der Waals surface area contributed by atoms with Gasteiger partial charge in [0.25, 0.3) is 5.91 Å². The van der Waals surface area contributed by atoms with E-state index >= 15 is 0 Å². The zero-order valence-corrected chi connectivity index (χ0v) is 17.2. The van der Waals surface area contributed by atoms with E-state index in [2.05, 4.69) is 30.5 Å². The third-order valence-electron chi connectivity index (χ3n) is 4.44. The van der Waals surface area contributed by atoms with E-state index in [9.17, 15) is 23.1 Å². The molecule has 1 aromatic carbocycles. The van der Waals surface area contributed by atoms with Gasteiger partial charge < -0.3 is 25.6 Å². The van der Waals surface area contributed by atoms with Crippen LogP contribution in [0.2, 0.25) is 0 Å². The molecule has 5 N–H and O–H groups in total. The topological polar surface area (TPSA) is 175 Å². The normalized spacial score (nSPS) is 15.4. The SMILES string of the molecule is O=C(NC(CCCNc1ncc[nH]1)(NS(=O)(=O)c1ccccc1)C(=O)O)C1=NOCC1. The zero-order valence-electron chi connectivity index (χ0n) is 16.4. The van der Waals surface area contributed by atoms with Crippen molar-refractivity contribution in [2.75, 3.05) is 18.5 Å². The molecule has 166 valence electrons. The monoisotopic (exact) mass is 450 g/mol. The molecule has 1 aromatic heterocycles. The van der Waals surface area contributed by atoms with Crippen molar-refractivity contribution >= 4 is 33.6 Å². The second kappa shape index (κ2) is 9.57. The number of benzene rings is 1. The molecule has 1 aliphatic heterocycles. The first-order valence-electron chi connectivity index (χ1n) is 9.39. The van der Waals surface area contributed by atoms with Crippen LogP contribution >= 0.6 is 0 Å². The van der Waals surface area contributed by atoms with Crippen molar-refractivity contribution in [3.8, 4) is 0 Å². The number of nitrogens with one attached hydrogen (secondary N) is 4. The number of carbonyl (C=O) groups is 2.